The van der Waals surface area contributed by atoms with Crippen molar-refractivity contribution in [2.75, 3.05) is 12.3 Å². The van der Waals surface area contributed by atoms with Gasteiger partial charge in [-0.2, -0.15) is 11.8 Å². The lowest BCUT2D eigenvalue weighted by molar-refractivity contribution is -0.146. The van der Waals surface area contributed by atoms with Crippen LogP contribution in [0.4, 0.5) is 4.79 Å². The van der Waals surface area contributed by atoms with Crippen LogP contribution in [0.15, 0.2) is 48.5 Å². The maximum Gasteiger partial charge on any atom is 0.323 e. The third-order valence-electron chi connectivity index (χ3n) is 7.48. The monoisotopic (exact) mass is 582 g/mol. The Balaban J connectivity index is 0.998. The van der Waals surface area contributed by atoms with Crippen molar-refractivity contribution in [3.05, 3.63) is 65.2 Å². The summed E-state index contributed by atoms with van der Waals surface area (Å²) in [6, 6.07) is 15.4. The molecule has 10 heteroatoms. The summed E-state index contributed by atoms with van der Waals surface area (Å²) < 4.78 is 11.2. The molecule has 3 amide bonds. The van der Waals surface area contributed by atoms with Gasteiger partial charge in [-0.3, -0.25) is 9.59 Å². The minimum Gasteiger partial charge on any atom is -0.489 e. The quantitative estimate of drug-likeness (QED) is 0.134. The number of fused-ring (bicyclic) bond motifs is 1. The second kappa shape index (κ2) is 15.7. The number of urea groups is 1. The summed E-state index contributed by atoms with van der Waals surface area (Å²) in [6.07, 6.45) is 5.29. The molecule has 9 nitrogen and oxygen atoms in total. The first kappa shape index (κ1) is 30.7. The van der Waals surface area contributed by atoms with Crippen molar-refractivity contribution in [1.29, 1.82) is 0 Å². The number of nitrogens with one attached hydrogen (secondary N) is 3. The first-order valence-corrected chi connectivity index (χ1v) is 15.6. The fourth-order valence-corrected chi connectivity index (χ4v) is 6.54. The lowest BCUT2D eigenvalue weighted by atomic mass is 10.0. The zero-order valence-electron chi connectivity index (χ0n) is 23.7. The average Bonchev–Trinajstić information content (AvgIpc) is 3.53. The summed E-state index contributed by atoms with van der Waals surface area (Å²) in [5.41, 5.74) is 9.20. The number of carbonyl (C=O) groups excluding carboxylic acids is 3. The van der Waals surface area contributed by atoms with E-state index in [9.17, 15) is 14.4 Å². The fraction of sp³-hybridized carbons (Fsp3) is 0.516. The Kier molecular flexibility index (Phi) is 11.7. The number of thioether (sulfide) groups is 1. The number of rotatable bonds is 16. The van der Waals surface area contributed by atoms with E-state index >= 15 is 0 Å². The second-order valence-corrected chi connectivity index (χ2v) is 12.1. The molecule has 0 aliphatic carbocycles. The Morgan fingerprint density at radius 3 is 2.51 bits per heavy atom. The van der Waals surface area contributed by atoms with Gasteiger partial charge in [0.2, 0.25) is 5.91 Å². The Morgan fingerprint density at radius 1 is 1.00 bits per heavy atom. The van der Waals surface area contributed by atoms with Crippen LogP contribution in [0, 0.1) is 6.92 Å². The van der Waals surface area contributed by atoms with Crippen LogP contribution in [-0.2, 0) is 27.5 Å². The minimum atomic E-state index is -0.685. The minimum absolute atomic E-state index is 0.0491. The summed E-state index contributed by atoms with van der Waals surface area (Å²) in [6.45, 7) is 3.28. The highest BCUT2D eigenvalue weighted by molar-refractivity contribution is 8.00. The first-order valence-electron chi connectivity index (χ1n) is 14.5. The van der Waals surface area contributed by atoms with Crippen molar-refractivity contribution in [2.24, 2.45) is 5.73 Å². The van der Waals surface area contributed by atoms with Gasteiger partial charge in [0, 0.05) is 24.0 Å². The number of amides is 3. The molecule has 0 radical (unpaired) electrons. The topological polar surface area (TPSA) is 132 Å². The summed E-state index contributed by atoms with van der Waals surface area (Å²) in [5.74, 6) is 1.33. The molecule has 5 N–H and O–H groups in total. The highest BCUT2D eigenvalue weighted by Gasteiger charge is 2.42. The molecule has 0 saturated carbocycles. The van der Waals surface area contributed by atoms with Crippen molar-refractivity contribution in [1.82, 2.24) is 16.0 Å². The van der Waals surface area contributed by atoms with Gasteiger partial charge in [0.15, 0.2) is 0 Å². The molecule has 41 heavy (non-hydrogen) atoms. The highest BCUT2D eigenvalue weighted by Crippen LogP contribution is 2.33. The average molecular weight is 583 g/mol. The maximum absolute atomic E-state index is 12.3. The molecule has 0 spiro atoms. The lowest BCUT2D eigenvalue weighted by Crippen LogP contribution is -2.36. The van der Waals surface area contributed by atoms with E-state index in [2.05, 4.69) is 35.0 Å². The van der Waals surface area contributed by atoms with Crippen LogP contribution in [-0.4, -0.2) is 53.6 Å². The smallest absolute Gasteiger partial charge is 0.323 e. The van der Waals surface area contributed by atoms with E-state index in [0.717, 1.165) is 54.7 Å². The molecule has 2 aliphatic rings. The van der Waals surface area contributed by atoms with Gasteiger partial charge in [-0.1, -0.05) is 48.4 Å². The Bertz CT molecular complexity index is 1140. The number of hydrogen-bond donors (Lipinski definition) is 4. The number of benzene rings is 2. The van der Waals surface area contributed by atoms with Crippen LogP contribution in [0.3, 0.4) is 0 Å². The van der Waals surface area contributed by atoms with Crippen LogP contribution in [0.2, 0.25) is 0 Å². The van der Waals surface area contributed by atoms with Crippen LogP contribution in [0.25, 0.3) is 0 Å². The molecule has 4 rings (SSSR count). The SMILES string of the molecule is Cc1ccc(COc2ccc(COC(=O)C(N)CCCCNC(=O)CCCCC3SCC4NC(=O)NC43)cc2)cc1. The molecule has 0 aromatic heterocycles. The van der Waals surface area contributed by atoms with Crippen molar-refractivity contribution in [3.8, 4) is 5.75 Å². The molecule has 4 atom stereocenters. The summed E-state index contributed by atoms with van der Waals surface area (Å²) in [5, 5.41) is 9.33. The van der Waals surface area contributed by atoms with E-state index in [4.69, 9.17) is 15.2 Å². The van der Waals surface area contributed by atoms with E-state index in [1.807, 2.05) is 48.2 Å². The van der Waals surface area contributed by atoms with Gasteiger partial charge < -0.3 is 31.2 Å². The van der Waals surface area contributed by atoms with Crippen LogP contribution >= 0.6 is 11.8 Å². The number of nitrogens with two attached hydrogens (primary N) is 1. The molecule has 2 heterocycles. The summed E-state index contributed by atoms with van der Waals surface area (Å²) in [4.78, 5) is 35.9. The van der Waals surface area contributed by atoms with Gasteiger partial charge in [-0.05, 0) is 62.3 Å². The first-order chi connectivity index (χ1) is 19.9. The number of carbonyl (C=O) groups is 3. The number of hydrogen-bond acceptors (Lipinski definition) is 7. The standard InChI is InChI=1S/C31H42N4O5S/c1-21-9-11-22(12-10-21)18-39-24-15-13-23(14-16-24)19-40-30(37)25(32)6-4-5-17-33-28(36)8-3-2-7-27-29-26(20-41-27)34-31(38)35-29/h9-16,25-27,29H,2-8,17-20,32H2,1H3,(H,33,36)(H2,34,35,38). The van der Waals surface area contributed by atoms with Crippen LogP contribution in [0.1, 0.15) is 61.6 Å². The predicted octanol–water partition coefficient (Wildman–Crippen LogP) is 3.96. The normalized spacial score (nSPS) is 20.0. The number of unbranched alkanes of at least 4 members (excludes halogenated alkanes) is 2. The van der Waals surface area contributed by atoms with Gasteiger partial charge in [-0.25, -0.2) is 4.79 Å². The summed E-state index contributed by atoms with van der Waals surface area (Å²) >= 11 is 1.90. The van der Waals surface area contributed by atoms with Crippen molar-refractivity contribution in [3.63, 3.8) is 0 Å². The largest absolute Gasteiger partial charge is 0.489 e. The van der Waals surface area contributed by atoms with Crippen molar-refractivity contribution >= 4 is 29.7 Å². The molecule has 4 unspecified atom stereocenters. The van der Waals surface area contributed by atoms with Crippen LogP contribution < -0.4 is 26.4 Å². The van der Waals surface area contributed by atoms with Crippen molar-refractivity contribution < 1.29 is 23.9 Å². The van der Waals surface area contributed by atoms with Crippen molar-refractivity contribution in [2.45, 2.75) is 88.5 Å². The number of aryl methyl sites for hydroxylation is 1. The van der Waals surface area contributed by atoms with Gasteiger partial charge in [-0.15, -0.1) is 0 Å². The molecule has 2 saturated heterocycles. The Labute approximate surface area is 246 Å². The fourth-order valence-electron chi connectivity index (χ4n) is 4.99. The molecule has 0 bridgehead atoms. The van der Waals surface area contributed by atoms with Gasteiger partial charge in [0.1, 0.15) is 25.0 Å². The molecule has 2 aromatic rings. The predicted molar refractivity (Wildman–Crippen MR) is 161 cm³/mol. The number of esters is 1. The lowest BCUT2D eigenvalue weighted by Gasteiger charge is -2.16. The molecule has 222 valence electrons. The summed E-state index contributed by atoms with van der Waals surface area (Å²) in [7, 11) is 0. The van der Waals surface area contributed by atoms with Gasteiger partial charge in [0.05, 0.1) is 12.1 Å². The Hall–Kier alpha value is -3.24. The Morgan fingerprint density at radius 2 is 1.73 bits per heavy atom. The van der Waals surface area contributed by atoms with E-state index < -0.39 is 12.0 Å². The molecule has 2 fully saturated rings. The van der Waals surface area contributed by atoms with Crippen LogP contribution in [0.5, 0.6) is 5.75 Å². The zero-order chi connectivity index (χ0) is 29.0. The molecule has 2 aromatic carbocycles. The van der Waals surface area contributed by atoms with Gasteiger partial charge in [0.25, 0.3) is 0 Å². The van der Waals surface area contributed by atoms with Gasteiger partial charge >= 0.3 is 12.0 Å². The maximum atomic E-state index is 12.3. The molecular formula is C31H42N4O5S. The van der Waals surface area contributed by atoms with E-state index in [1.54, 1.807) is 0 Å². The third-order valence-corrected chi connectivity index (χ3v) is 8.99. The van der Waals surface area contributed by atoms with E-state index in [-0.39, 0.29) is 30.6 Å². The zero-order valence-corrected chi connectivity index (χ0v) is 24.5. The highest BCUT2D eigenvalue weighted by atomic mass is 32.2. The molecular weight excluding hydrogens is 540 g/mol. The van der Waals surface area contributed by atoms with E-state index in [0.29, 0.717) is 31.2 Å². The molecule has 2 aliphatic heterocycles. The van der Waals surface area contributed by atoms with E-state index in [1.165, 1.54) is 5.56 Å². The second-order valence-electron chi connectivity index (χ2n) is 10.8. The third kappa shape index (κ3) is 9.97. The number of ether oxygens (including phenoxy) is 2.